The lowest BCUT2D eigenvalue weighted by molar-refractivity contribution is -0.154. The molecule has 0 spiro atoms. The van der Waals surface area contributed by atoms with Gasteiger partial charge >= 0.3 is 12.0 Å². The van der Waals surface area contributed by atoms with Crippen molar-refractivity contribution in [2.75, 3.05) is 25.1 Å². The summed E-state index contributed by atoms with van der Waals surface area (Å²) in [6.45, 7) is 0.868. The predicted octanol–water partition coefficient (Wildman–Crippen LogP) is 0.541. The minimum atomic E-state index is -0.943. The fourth-order valence-electron chi connectivity index (χ4n) is 1.86. The van der Waals surface area contributed by atoms with E-state index in [0.29, 0.717) is 31.1 Å². The highest BCUT2D eigenvalue weighted by molar-refractivity contribution is 7.10. The summed E-state index contributed by atoms with van der Waals surface area (Å²) >= 11 is 1.05. The molecule has 1 aliphatic heterocycles. The molecule has 19 heavy (non-hydrogen) atoms. The molecule has 0 aliphatic carbocycles. The van der Waals surface area contributed by atoms with Crippen LogP contribution in [0.15, 0.2) is 6.20 Å². The molecule has 2 rings (SSSR count). The molecule has 0 bridgehead atoms. The summed E-state index contributed by atoms with van der Waals surface area (Å²) in [4.78, 5) is 23.0. The van der Waals surface area contributed by atoms with E-state index >= 15 is 0 Å². The number of hydrogen-bond acceptors (Lipinski definition) is 6. The Morgan fingerprint density at radius 3 is 2.79 bits per heavy atom. The molecule has 3 N–H and O–H groups in total. The van der Waals surface area contributed by atoms with Crippen molar-refractivity contribution in [3.05, 3.63) is 6.20 Å². The van der Waals surface area contributed by atoms with Gasteiger partial charge in [-0.2, -0.15) is 0 Å². The molecule has 104 valence electrons. The number of rotatable bonds is 4. The molecule has 2 heterocycles. The van der Waals surface area contributed by atoms with Crippen LogP contribution in [0.3, 0.4) is 0 Å². The lowest BCUT2D eigenvalue weighted by Crippen LogP contribution is -2.47. The van der Waals surface area contributed by atoms with Crippen molar-refractivity contribution in [3.63, 3.8) is 0 Å². The van der Waals surface area contributed by atoms with Crippen molar-refractivity contribution in [3.8, 4) is 0 Å². The van der Waals surface area contributed by atoms with Gasteiger partial charge in [0.25, 0.3) is 0 Å². The van der Waals surface area contributed by atoms with Crippen LogP contribution in [0.25, 0.3) is 0 Å². The number of amides is 2. The quantitative estimate of drug-likeness (QED) is 0.744. The SMILES string of the molecule is O=C(NCC1(C(=O)O)CCOCC1)Nc1cnns1. The van der Waals surface area contributed by atoms with Gasteiger partial charge in [-0.05, 0) is 12.8 Å². The number of carboxylic acids is 1. The molecule has 0 saturated carbocycles. The maximum atomic E-state index is 11.6. The van der Waals surface area contributed by atoms with Gasteiger partial charge in [0, 0.05) is 31.3 Å². The van der Waals surface area contributed by atoms with Gasteiger partial charge in [-0.3, -0.25) is 10.1 Å². The first kappa shape index (κ1) is 13.7. The van der Waals surface area contributed by atoms with Gasteiger partial charge in [0.15, 0.2) is 0 Å². The van der Waals surface area contributed by atoms with Gasteiger partial charge in [0.05, 0.1) is 11.6 Å². The fourth-order valence-corrected chi connectivity index (χ4v) is 2.27. The smallest absolute Gasteiger partial charge is 0.319 e. The van der Waals surface area contributed by atoms with E-state index in [1.807, 2.05) is 0 Å². The highest BCUT2D eigenvalue weighted by Gasteiger charge is 2.40. The molecule has 1 saturated heterocycles. The van der Waals surface area contributed by atoms with Gasteiger partial charge < -0.3 is 15.2 Å². The summed E-state index contributed by atoms with van der Waals surface area (Å²) in [7, 11) is 0. The highest BCUT2D eigenvalue weighted by atomic mass is 32.1. The molecule has 1 aromatic heterocycles. The fraction of sp³-hybridized carbons (Fsp3) is 0.600. The zero-order valence-corrected chi connectivity index (χ0v) is 10.9. The van der Waals surface area contributed by atoms with Crippen LogP contribution in [-0.2, 0) is 9.53 Å². The summed E-state index contributed by atoms with van der Waals surface area (Å²) < 4.78 is 8.77. The van der Waals surface area contributed by atoms with E-state index in [1.165, 1.54) is 6.20 Å². The van der Waals surface area contributed by atoms with Crippen molar-refractivity contribution < 1.29 is 19.4 Å². The average molecular weight is 286 g/mol. The Kier molecular flexibility index (Phi) is 4.27. The Labute approximate surface area is 113 Å². The molecular weight excluding hydrogens is 272 g/mol. The van der Waals surface area contributed by atoms with E-state index < -0.39 is 17.4 Å². The normalized spacial score (nSPS) is 17.7. The van der Waals surface area contributed by atoms with Crippen LogP contribution in [0.1, 0.15) is 12.8 Å². The summed E-state index contributed by atoms with van der Waals surface area (Å²) in [5, 5.41) is 18.5. The van der Waals surface area contributed by atoms with E-state index in [4.69, 9.17) is 4.74 Å². The number of aromatic nitrogens is 2. The molecule has 0 unspecified atom stereocenters. The second-order valence-corrected chi connectivity index (χ2v) is 5.07. The molecule has 0 radical (unpaired) electrons. The Balaban J connectivity index is 1.88. The minimum absolute atomic E-state index is 0.0732. The zero-order valence-electron chi connectivity index (χ0n) is 10.1. The van der Waals surface area contributed by atoms with E-state index in [1.54, 1.807) is 0 Å². The predicted molar refractivity (Wildman–Crippen MR) is 67.1 cm³/mol. The standard InChI is InChI=1S/C10H14N4O4S/c15-8(16)10(1-3-18-4-2-10)6-11-9(17)13-7-5-12-14-19-7/h5H,1-4,6H2,(H,15,16)(H2,11,13,17). The van der Waals surface area contributed by atoms with Crippen molar-refractivity contribution >= 4 is 28.5 Å². The van der Waals surface area contributed by atoms with Gasteiger partial charge in [-0.25, -0.2) is 4.79 Å². The monoisotopic (exact) mass is 286 g/mol. The Morgan fingerprint density at radius 1 is 1.47 bits per heavy atom. The molecule has 1 aliphatic rings. The third-order valence-corrected chi connectivity index (χ3v) is 3.67. The number of nitrogens with one attached hydrogen (secondary N) is 2. The number of urea groups is 1. The third kappa shape index (κ3) is 3.38. The molecule has 0 atom stereocenters. The number of carbonyl (C=O) groups is 2. The molecule has 1 aromatic rings. The second-order valence-electron chi connectivity index (χ2n) is 4.29. The molecule has 0 aromatic carbocycles. The topological polar surface area (TPSA) is 113 Å². The van der Waals surface area contributed by atoms with Crippen molar-refractivity contribution in [1.29, 1.82) is 0 Å². The molecule has 9 heteroatoms. The van der Waals surface area contributed by atoms with Crippen molar-refractivity contribution in [1.82, 2.24) is 14.9 Å². The first-order valence-corrected chi connectivity index (χ1v) is 6.53. The van der Waals surface area contributed by atoms with E-state index in [-0.39, 0.29) is 6.54 Å². The first-order valence-electron chi connectivity index (χ1n) is 5.76. The first-order chi connectivity index (χ1) is 9.12. The molecule has 1 fully saturated rings. The summed E-state index contributed by atoms with van der Waals surface area (Å²) in [6.07, 6.45) is 2.21. The van der Waals surface area contributed by atoms with Crippen LogP contribution in [0.5, 0.6) is 0 Å². The molecule has 8 nitrogen and oxygen atoms in total. The largest absolute Gasteiger partial charge is 0.481 e. The zero-order chi connectivity index (χ0) is 13.7. The van der Waals surface area contributed by atoms with Crippen LogP contribution in [0, 0.1) is 5.41 Å². The van der Waals surface area contributed by atoms with Gasteiger partial charge in [-0.15, -0.1) is 5.10 Å². The molecular formula is C10H14N4O4S. The van der Waals surface area contributed by atoms with Crippen LogP contribution in [-0.4, -0.2) is 46.5 Å². The van der Waals surface area contributed by atoms with Crippen LogP contribution in [0.4, 0.5) is 9.80 Å². The number of aliphatic carboxylic acids is 1. The number of carboxylic acid groups (broad SMARTS) is 1. The maximum Gasteiger partial charge on any atom is 0.319 e. The molecule has 2 amide bonds. The van der Waals surface area contributed by atoms with Crippen LogP contribution in [0.2, 0.25) is 0 Å². The minimum Gasteiger partial charge on any atom is -0.481 e. The Bertz CT molecular complexity index is 444. The summed E-state index contributed by atoms with van der Waals surface area (Å²) in [6, 6.07) is -0.460. The van der Waals surface area contributed by atoms with Gasteiger partial charge in [-0.1, -0.05) is 4.49 Å². The lowest BCUT2D eigenvalue weighted by Gasteiger charge is -2.33. The number of nitrogens with zero attached hydrogens (tertiary/aromatic N) is 2. The summed E-state index contributed by atoms with van der Waals surface area (Å²) in [5.74, 6) is -0.907. The maximum absolute atomic E-state index is 11.6. The number of hydrogen-bond donors (Lipinski definition) is 3. The van der Waals surface area contributed by atoms with E-state index in [9.17, 15) is 14.7 Å². The lowest BCUT2D eigenvalue weighted by atomic mass is 9.80. The van der Waals surface area contributed by atoms with Crippen LogP contribution >= 0.6 is 11.5 Å². The number of carbonyl (C=O) groups excluding carboxylic acids is 1. The third-order valence-electron chi connectivity index (χ3n) is 3.09. The number of anilines is 1. The van der Waals surface area contributed by atoms with Crippen molar-refractivity contribution in [2.24, 2.45) is 5.41 Å². The number of ether oxygens (including phenoxy) is 1. The van der Waals surface area contributed by atoms with Crippen LogP contribution < -0.4 is 10.6 Å². The Morgan fingerprint density at radius 2 is 2.21 bits per heavy atom. The van der Waals surface area contributed by atoms with Gasteiger partial charge in [0.2, 0.25) is 0 Å². The average Bonchev–Trinajstić information content (AvgIpc) is 2.90. The van der Waals surface area contributed by atoms with E-state index in [0.717, 1.165) is 11.5 Å². The Hall–Kier alpha value is -1.74. The highest BCUT2D eigenvalue weighted by Crippen LogP contribution is 2.30. The van der Waals surface area contributed by atoms with Crippen molar-refractivity contribution in [2.45, 2.75) is 12.8 Å². The second kappa shape index (κ2) is 5.93. The summed E-state index contributed by atoms with van der Waals surface area (Å²) in [5.41, 5.74) is -0.943. The van der Waals surface area contributed by atoms with E-state index in [2.05, 4.69) is 20.2 Å². The van der Waals surface area contributed by atoms with Gasteiger partial charge in [0.1, 0.15) is 5.00 Å².